The first-order valence-corrected chi connectivity index (χ1v) is 5.89. The van der Waals surface area contributed by atoms with Gasteiger partial charge < -0.3 is 0 Å². The van der Waals surface area contributed by atoms with E-state index in [0.717, 1.165) is 19.4 Å². The van der Waals surface area contributed by atoms with Crippen LogP contribution >= 0.6 is 0 Å². The largest absolute Gasteiger partial charge is 0.295 e. The van der Waals surface area contributed by atoms with Crippen molar-refractivity contribution < 1.29 is 0 Å². The molecule has 2 rings (SSSR count). The number of rotatable bonds is 4. The minimum atomic E-state index is 0.212. The molecule has 2 unspecified atom stereocenters. The first-order valence-electron chi connectivity index (χ1n) is 5.89. The van der Waals surface area contributed by atoms with Crippen LogP contribution in [0.25, 0.3) is 0 Å². The van der Waals surface area contributed by atoms with Gasteiger partial charge in [0.25, 0.3) is 0 Å². The Morgan fingerprint density at radius 2 is 1.93 bits per heavy atom. The van der Waals surface area contributed by atoms with Crippen LogP contribution in [-0.4, -0.2) is 23.5 Å². The van der Waals surface area contributed by atoms with E-state index in [1.807, 2.05) is 0 Å². The predicted octanol–water partition coefficient (Wildman–Crippen LogP) is 2.06. The van der Waals surface area contributed by atoms with Gasteiger partial charge in [0.05, 0.1) is 18.1 Å². The van der Waals surface area contributed by atoms with Crippen molar-refractivity contribution in [1.82, 2.24) is 4.90 Å². The molecular weight excluding hydrogens is 186 g/mol. The zero-order chi connectivity index (χ0) is 10.7. The van der Waals surface area contributed by atoms with Crippen LogP contribution in [0.2, 0.25) is 0 Å². The normalized spacial score (nSPS) is 30.1. The lowest BCUT2D eigenvalue weighted by Crippen LogP contribution is -2.39. The van der Waals surface area contributed by atoms with Crippen LogP contribution < -0.4 is 0 Å². The fourth-order valence-corrected chi connectivity index (χ4v) is 2.69. The predicted molar refractivity (Wildman–Crippen MR) is 56.7 cm³/mol. The minimum Gasteiger partial charge on any atom is -0.295 e. The summed E-state index contributed by atoms with van der Waals surface area (Å²) in [5, 5.41) is 17.7. The van der Waals surface area contributed by atoms with Crippen molar-refractivity contribution in [1.29, 1.82) is 10.5 Å². The third-order valence-corrected chi connectivity index (χ3v) is 3.57. The SMILES string of the molecule is N#CCCN(C1CC1)C1CCCC1C#N. The van der Waals surface area contributed by atoms with Crippen LogP contribution in [0.3, 0.4) is 0 Å². The highest BCUT2D eigenvalue weighted by Gasteiger charge is 2.39. The molecule has 2 aliphatic carbocycles. The van der Waals surface area contributed by atoms with Crippen LogP contribution in [0.15, 0.2) is 0 Å². The summed E-state index contributed by atoms with van der Waals surface area (Å²) in [5.74, 6) is 0.212. The van der Waals surface area contributed by atoms with Crippen molar-refractivity contribution in [2.75, 3.05) is 6.54 Å². The van der Waals surface area contributed by atoms with Crippen LogP contribution in [0, 0.1) is 28.6 Å². The smallest absolute Gasteiger partial charge is 0.0672 e. The average molecular weight is 203 g/mol. The van der Waals surface area contributed by atoms with E-state index >= 15 is 0 Å². The van der Waals surface area contributed by atoms with Gasteiger partial charge in [0.1, 0.15) is 0 Å². The van der Waals surface area contributed by atoms with Crippen LogP contribution in [-0.2, 0) is 0 Å². The first-order chi connectivity index (χ1) is 7.36. The molecule has 3 heteroatoms. The molecule has 3 nitrogen and oxygen atoms in total. The number of nitriles is 2. The van der Waals surface area contributed by atoms with E-state index in [9.17, 15) is 0 Å². The van der Waals surface area contributed by atoms with E-state index < -0.39 is 0 Å². The van der Waals surface area contributed by atoms with E-state index in [2.05, 4.69) is 17.0 Å². The van der Waals surface area contributed by atoms with Gasteiger partial charge in [-0.3, -0.25) is 4.90 Å². The van der Waals surface area contributed by atoms with E-state index in [1.54, 1.807) is 0 Å². The number of nitrogens with zero attached hydrogens (tertiary/aromatic N) is 3. The zero-order valence-electron chi connectivity index (χ0n) is 9.02. The van der Waals surface area contributed by atoms with Crippen molar-refractivity contribution in [3.8, 4) is 12.1 Å². The first kappa shape index (κ1) is 10.5. The maximum Gasteiger partial charge on any atom is 0.0672 e. The summed E-state index contributed by atoms with van der Waals surface area (Å²) in [4.78, 5) is 2.43. The van der Waals surface area contributed by atoms with Crippen LogP contribution in [0.4, 0.5) is 0 Å². The molecule has 0 N–H and O–H groups in total. The molecule has 0 amide bonds. The Morgan fingerprint density at radius 3 is 2.53 bits per heavy atom. The molecule has 0 spiro atoms. The molecule has 0 bridgehead atoms. The lowest BCUT2D eigenvalue weighted by Gasteiger charge is -2.29. The molecule has 2 saturated carbocycles. The Bertz CT molecular complexity index is 295. The Morgan fingerprint density at radius 1 is 1.13 bits per heavy atom. The molecule has 0 saturated heterocycles. The maximum absolute atomic E-state index is 9.07. The molecule has 0 radical (unpaired) electrons. The second-order valence-corrected chi connectivity index (χ2v) is 4.61. The topological polar surface area (TPSA) is 50.8 Å². The Hall–Kier alpha value is -1.06. The molecule has 0 aromatic carbocycles. The lowest BCUT2D eigenvalue weighted by molar-refractivity contribution is 0.172. The maximum atomic E-state index is 9.07. The lowest BCUT2D eigenvalue weighted by atomic mass is 10.0. The standard InChI is InChI=1S/C12H17N3/c13-7-2-8-15(11-5-6-11)12-4-1-3-10(12)9-14/h10-12H,1-6,8H2. The van der Waals surface area contributed by atoms with Crippen molar-refractivity contribution in [2.24, 2.45) is 5.92 Å². The summed E-state index contributed by atoms with van der Waals surface area (Å²) in [5.41, 5.74) is 0. The Balaban J connectivity index is 1.97. The molecule has 80 valence electrons. The van der Waals surface area contributed by atoms with Crippen molar-refractivity contribution in [3.63, 3.8) is 0 Å². The minimum absolute atomic E-state index is 0.212. The van der Waals surface area contributed by atoms with Crippen LogP contribution in [0.5, 0.6) is 0 Å². The second kappa shape index (κ2) is 4.64. The Labute approximate surface area is 91.3 Å². The molecule has 15 heavy (non-hydrogen) atoms. The number of hydrogen-bond donors (Lipinski definition) is 0. The summed E-state index contributed by atoms with van der Waals surface area (Å²) >= 11 is 0. The summed E-state index contributed by atoms with van der Waals surface area (Å²) in [6, 6.07) is 5.76. The third kappa shape index (κ3) is 2.30. The average Bonchev–Trinajstić information content (AvgIpc) is 2.97. The molecule has 0 aromatic heterocycles. The van der Waals surface area contributed by atoms with Gasteiger partial charge in [0, 0.05) is 25.0 Å². The monoisotopic (exact) mass is 203 g/mol. The van der Waals surface area contributed by atoms with Crippen molar-refractivity contribution in [2.45, 2.75) is 50.6 Å². The fraction of sp³-hybridized carbons (Fsp3) is 0.833. The summed E-state index contributed by atoms with van der Waals surface area (Å²) in [6.45, 7) is 0.865. The fourth-order valence-electron chi connectivity index (χ4n) is 2.69. The summed E-state index contributed by atoms with van der Waals surface area (Å²) < 4.78 is 0. The van der Waals surface area contributed by atoms with Gasteiger partial charge in [-0.1, -0.05) is 6.42 Å². The van der Waals surface area contributed by atoms with Gasteiger partial charge in [0.2, 0.25) is 0 Å². The molecule has 0 aliphatic heterocycles. The second-order valence-electron chi connectivity index (χ2n) is 4.61. The van der Waals surface area contributed by atoms with E-state index in [1.165, 1.54) is 19.3 Å². The van der Waals surface area contributed by atoms with Gasteiger partial charge >= 0.3 is 0 Å². The number of hydrogen-bond acceptors (Lipinski definition) is 3. The van der Waals surface area contributed by atoms with Crippen molar-refractivity contribution in [3.05, 3.63) is 0 Å². The zero-order valence-corrected chi connectivity index (χ0v) is 9.02. The van der Waals surface area contributed by atoms with Gasteiger partial charge in [0.15, 0.2) is 0 Å². The highest BCUT2D eigenvalue weighted by molar-refractivity contribution is 5.01. The summed E-state index contributed by atoms with van der Waals surface area (Å²) in [6.07, 6.45) is 6.51. The third-order valence-electron chi connectivity index (χ3n) is 3.57. The van der Waals surface area contributed by atoms with E-state index in [0.29, 0.717) is 18.5 Å². The Kier molecular flexibility index (Phi) is 3.23. The molecular formula is C12H17N3. The highest BCUT2D eigenvalue weighted by Crippen LogP contribution is 2.37. The molecule has 2 fully saturated rings. The van der Waals surface area contributed by atoms with Gasteiger partial charge in [-0.25, -0.2) is 0 Å². The van der Waals surface area contributed by atoms with Crippen LogP contribution in [0.1, 0.15) is 38.5 Å². The van der Waals surface area contributed by atoms with Crippen molar-refractivity contribution >= 4 is 0 Å². The summed E-state index contributed by atoms with van der Waals surface area (Å²) in [7, 11) is 0. The molecule has 0 aromatic rings. The van der Waals surface area contributed by atoms with Gasteiger partial charge in [-0.2, -0.15) is 10.5 Å². The highest BCUT2D eigenvalue weighted by atomic mass is 15.2. The molecule has 0 heterocycles. The quantitative estimate of drug-likeness (QED) is 0.702. The van der Waals surface area contributed by atoms with Gasteiger partial charge in [-0.05, 0) is 25.7 Å². The van der Waals surface area contributed by atoms with E-state index in [-0.39, 0.29) is 5.92 Å². The molecule has 2 aliphatic rings. The van der Waals surface area contributed by atoms with E-state index in [4.69, 9.17) is 10.5 Å². The van der Waals surface area contributed by atoms with Gasteiger partial charge in [-0.15, -0.1) is 0 Å². The molecule has 2 atom stereocenters.